The minimum absolute atomic E-state index is 0.136. The molecule has 28 heavy (non-hydrogen) atoms. The molecule has 0 bridgehead atoms. The summed E-state index contributed by atoms with van der Waals surface area (Å²) in [6.07, 6.45) is 2.29. The molecule has 0 fully saturated rings. The lowest BCUT2D eigenvalue weighted by molar-refractivity contribution is 0.0712. The van der Waals surface area contributed by atoms with Crippen molar-refractivity contribution in [2.45, 2.75) is 33.4 Å². The lowest BCUT2D eigenvalue weighted by Crippen LogP contribution is -2.30. The number of amides is 2. The van der Waals surface area contributed by atoms with Crippen molar-refractivity contribution in [3.8, 4) is 0 Å². The molecule has 0 saturated carbocycles. The van der Waals surface area contributed by atoms with Crippen molar-refractivity contribution in [1.29, 1.82) is 0 Å². The molecule has 2 amide bonds. The lowest BCUT2D eigenvalue weighted by atomic mass is 10.2. The number of rotatable bonds is 3. The fourth-order valence-electron chi connectivity index (χ4n) is 3.40. The average molecular weight is 378 g/mol. The molecule has 4 rings (SSSR count). The Balaban J connectivity index is 1.52. The van der Waals surface area contributed by atoms with E-state index < -0.39 is 0 Å². The first-order chi connectivity index (χ1) is 13.5. The summed E-state index contributed by atoms with van der Waals surface area (Å²) in [6.45, 7) is 5.50. The molecule has 3 heterocycles. The molecular weight excluding hydrogens is 356 g/mol. The molecule has 0 unspecified atom stereocenters. The summed E-state index contributed by atoms with van der Waals surface area (Å²) in [4.78, 5) is 27.1. The molecule has 3 aromatic rings. The normalized spacial score (nSPS) is 13.7. The van der Waals surface area contributed by atoms with Gasteiger partial charge in [-0.2, -0.15) is 5.10 Å². The van der Waals surface area contributed by atoms with E-state index in [1.807, 2.05) is 42.8 Å². The van der Waals surface area contributed by atoms with E-state index in [-0.39, 0.29) is 11.8 Å². The molecule has 0 aliphatic carbocycles. The maximum absolute atomic E-state index is 12.8. The van der Waals surface area contributed by atoms with Crippen molar-refractivity contribution < 1.29 is 14.0 Å². The van der Waals surface area contributed by atoms with Gasteiger partial charge in [0.2, 0.25) is 0 Å². The van der Waals surface area contributed by atoms with Gasteiger partial charge in [-0.15, -0.1) is 0 Å². The molecule has 144 valence electrons. The van der Waals surface area contributed by atoms with Gasteiger partial charge in [-0.25, -0.2) is 0 Å². The maximum atomic E-state index is 12.8. The summed E-state index contributed by atoms with van der Waals surface area (Å²) in [5.74, 6) is -0.0285. The number of aryl methyl sites for hydroxylation is 3. The number of nitrogens with zero attached hydrogens (tertiary/aromatic N) is 3. The van der Waals surface area contributed by atoms with Crippen LogP contribution in [0.5, 0.6) is 0 Å². The van der Waals surface area contributed by atoms with Gasteiger partial charge >= 0.3 is 0 Å². The number of benzene rings is 1. The molecule has 2 aromatic heterocycles. The molecule has 1 aliphatic heterocycles. The van der Waals surface area contributed by atoms with Crippen molar-refractivity contribution in [3.05, 3.63) is 70.9 Å². The lowest BCUT2D eigenvalue weighted by Gasteiger charge is -2.18. The predicted octanol–water partition coefficient (Wildman–Crippen LogP) is 3.39. The minimum Gasteiger partial charge on any atom is -0.459 e. The quantitative estimate of drug-likeness (QED) is 0.758. The van der Waals surface area contributed by atoms with Gasteiger partial charge in [0.15, 0.2) is 11.5 Å². The van der Waals surface area contributed by atoms with Gasteiger partial charge in [0.25, 0.3) is 11.8 Å². The number of carbonyl (C=O) groups is 2. The molecule has 0 spiro atoms. The van der Waals surface area contributed by atoms with Gasteiger partial charge in [0, 0.05) is 24.3 Å². The number of aromatic nitrogens is 2. The van der Waals surface area contributed by atoms with E-state index in [1.165, 1.54) is 6.26 Å². The Morgan fingerprint density at radius 2 is 2.00 bits per heavy atom. The molecule has 7 heteroatoms. The highest BCUT2D eigenvalue weighted by atomic mass is 16.3. The zero-order valence-electron chi connectivity index (χ0n) is 15.9. The van der Waals surface area contributed by atoms with E-state index in [2.05, 4.69) is 10.4 Å². The molecule has 1 aromatic carbocycles. The van der Waals surface area contributed by atoms with Gasteiger partial charge in [0.1, 0.15) is 0 Å². The van der Waals surface area contributed by atoms with Gasteiger partial charge in [-0.05, 0) is 50.1 Å². The largest absolute Gasteiger partial charge is 0.459 e. The highest BCUT2D eigenvalue weighted by Gasteiger charge is 2.25. The van der Waals surface area contributed by atoms with Crippen molar-refractivity contribution in [1.82, 2.24) is 14.7 Å². The number of carbonyl (C=O) groups excluding carboxylic acids is 2. The molecule has 1 aliphatic rings. The Labute approximate surface area is 162 Å². The Morgan fingerprint density at radius 3 is 2.75 bits per heavy atom. The fourth-order valence-corrected chi connectivity index (χ4v) is 3.40. The van der Waals surface area contributed by atoms with Crippen LogP contribution >= 0.6 is 0 Å². The van der Waals surface area contributed by atoms with Crippen molar-refractivity contribution in [2.75, 3.05) is 11.9 Å². The maximum Gasteiger partial charge on any atom is 0.290 e. The monoisotopic (exact) mass is 378 g/mol. The van der Waals surface area contributed by atoms with Gasteiger partial charge in [-0.3, -0.25) is 14.3 Å². The number of anilines is 1. The first-order valence-electron chi connectivity index (χ1n) is 9.29. The van der Waals surface area contributed by atoms with E-state index in [4.69, 9.17) is 4.42 Å². The van der Waals surface area contributed by atoms with Crippen LogP contribution in [0.2, 0.25) is 0 Å². The van der Waals surface area contributed by atoms with E-state index in [9.17, 15) is 9.59 Å². The summed E-state index contributed by atoms with van der Waals surface area (Å²) >= 11 is 0. The second-order valence-corrected chi connectivity index (χ2v) is 7.08. The minimum atomic E-state index is -0.258. The Hall–Kier alpha value is -3.35. The Morgan fingerprint density at radius 1 is 1.14 bits per heavy atom. The molecule has 0 radical (unpaired) electrons. The van der Waals surface area contributed by atoms with Crippen LogP contribution < -0.4 is 5.32 Å². The van der Waals surface area contributed by atoms with E-state index in [1.54, 1.807) is 17.0 Å². The fraction of sp³-hybridized carbons (Fsp3) is 0.286. The van der Waals surface area contributed by atoms with Crippen LogP contribution in [0.25, 0.3) is 0 Å². The predicted molar refractivity (Wildman–Crippen MR) is 104 cm³/mol. The van der Waals surface area contributed by atoms with Gasteiger partial charge in [-0.1, -0.05) is 12.1 Å². The molecule has 0 saturated heterocycles. The second-order valence-electron chi connectivity index (χ2n) is 7.08. The summed E-state index contributed by atoms with van der Waals surface area (Å²) in [6, 6.07) is 11.2. The molecule has 0 atom stereocenters. The summed E-state index contributed by atoms with van der Waals surface area (Å²) in [7, 11) is 0. The zero-order valence-corrected chi connectivity index (χ0v) is 15.9. The number of hydrogen-bond acceptors (Lipinski definition) is 4. The second kappa shape index (κ2) is 7.34. The summed E-state index contributed by atoms with van der Waals surface area (Å²) in [5, 5.41) is 7.32. The molecule has 7 nitrogen and oxygen atoms in total. The van der Waals surface area contributed by atoms with Crippen molar-refractivity contribution >= 4 is 17.5 Å². The number of furan rings is 1. The molecule has 1 N–H and O–H groups in total. The third-order valence-corrected chi connectivity index (χ3v) is 4.87. The highest BCUT2D eigenvalue weighted by Crippen LogP contribution is 2.19. The first-order valence-corrected chi connectivity index (χ1v) is 9.29. The smallest absolute Gasteiger partial charge is 0.290 e. The third-order valence-electron chi connectivity index (χ3n) is 4.87. The van der Waals surface area contributed by atoms with E-state index in [0.29, 0.717) is 31.1 Å². The Kier molecular flexibility index (Phi) is 4.73. The zero-order chi connectivity index (χ0) is 19.7. The van der Waals surface area contributed by atoms with Crippen LogP contribution in [0.3, 0.4) is 0 Å². The van der Waals surface area contributed by atoms with E-state index >= 15 is 0 Å². The third kappa shape index (κ3) is 3.55. The van der Waals surface area contributed by atoms with Crippen LogP contribution in [-0.2, 0) is 13.1 Å². The van der Waals surface area contributed by atoms with Crippen LogP contribution in [0.1, 0.15) is 44.3 Å². The number of hydrogen-bond donors (Lipinski definition) is 1. The average Bonchev–Trinajstić information content (AvgIpc) is 3.22. The van der Waals surface area contributed by atoms with E-state index in [0.717, 1.165) is 28.9 Å². The number of fused-ring (bicyclic) bond motifs is 1. The van der Waals surface area contributed by atoms with Crippen LogP contribution in [-0.4, -0.2) is 33.0 Å². The first kappa shape index (κ1) is 18.0. The van der Waals surface area contributed by atoms with Crippen LogP contribution in [0.15, 0.2) is 47.1 Å². The van der Waals surface area contributed by atoms with Crippen LogP contribution in [0, 0.1) is 13.8 Å². The van der Waals surface area contributed by atoms with Crippen LogP contribution in [0.4, 0.5) is 5.69 Å². The summed E-state index contributed by atoms with van der Waals surface area (Å²) < 4.78 is 7.16. The van der Waals surface area contributed by atoms with Gasteiger partial charge < -0.3 is 14.6 Å². The number of nitrogens with one attached hydrogen (secondary N) is 1. The topological polar surface area (TPSA) is 80.4 Å². The standard InChI is InChI=1S/C21H22N4O3/c1-14-5-3-6-16(11-14)22-20(26)18-12-17-13-24(8-4-9-25(17)23-18)21(27)19-15(2)7-10-28-19/h3,5-7,10-12H,4,8-9,13H2,1-2H3,(H,22,26). The highest BCUT2D eigenvalue weighted by molar-refractivity contribution is 6.03. The Bertz CT molecular complexity index is 1030. The summed E-state index contributed by atoms with van der Waals surface area (Å²) in [5.41, 5.74) is 3.81. The van der Waals surface area contributed by atoms with Gasteiger partial charge in [0.05, 0.1) is 18.5 Å². The van der Waals surface area contributed by atoms with Crippen molar-refractivity contribution in [2.24, 2.45) is 0 Å². The molecular formula is C21H22N4O3. The SMILES string of the molecule is Cc1cccc(NC(=O)c2cc3n(n2)CCCN(C(=O)c2occc2C)C3)c1. The van der Waals surface area contributed by atoms with Crippen molar-refractivity contribution in [3.63, 3.8) is 0 Å².